The van der Waals surface area contributed by atoms with Gasteiger partial charge in [0.05, 0.1) is 7.11 Å². The van der Waals surface area contributed by atoms with Gasteiger partial charge in [-0.1, -0.05) is 0 Å². The second-order valence-corrected chi connectivity index (χ2v) is 5.97. The number of carbonyl (C=O) groups excluding carboxylic acids is 1. The first kappa shape index (κ1) is 15.4. The maximum absolute atomic E-state index is 12.4. The zero-order valence-corrected chi connectivity index (χ0v) is 11.8. The molecule has 0 aliphatic heterocycles. The van der Waals surface area contributed by atoms with Crippen molar-refractivity contribution in [3.8, 4) is 0 Å². The van der Waals surface area contributed by atoms with Crippen LogP contribution in [0.1, 0.15) is 13.8 Å². The Hall–Kier alpha value is -1.67. The fourth-order valence-corrected chi connectivity index (χ4v) is 3.13. The van der Waals surface area contributed by atoms with Crippen molar-refractivity contribution >= 4 is 21.8 Å². The van der Waals surface area contributed by atoms with E-state index in [0.717, 1.165) is 4.31 Å². The highest BCUT2D eigenvalue weighted by molar-refractivity contribution is 7.89. The van der Waals surface area contributed by atoms with Gasteiger partial charge in [-0.15, -0.1) is 0 Å². The number of hydrogen-bond acceptors (Lipinski definition) is 6. The van der Waals surface area contributed by atoms with Crippen molar-refractivity contribution in [1.29, 1.82) is 0 Å². The molecule has 0 radical (unpaired) electrons. The second-order valence-electron chi connectivity index (χ2n) is 4.11. The van der Waals surface area contributed by atoms with Crippen LogP contribution in [0.2, 0.25) is 0 Å². The number of anilines is 1. The molecule has 1 rings (SSSR count). The van der Waals surface area contributed by atoms with Gasteiger partial charge in [0.25, 0.3) is 0 Å². The molecule has 0 spiro atoms. The van der Waals surface area contributed by atoms with Crippen molar-refractivity contribution in [3.05, 3.63) is 18.3 Å². The molecule has 0 aliphatic carbocycles. The van der Waals surface area contributed by atoms with E-state index in [-0.39, 0.29) is 17.3 Å². The molecule has 19 heavy (non-hydrogen) atoms. The van der Waals surface area contributed by atoms with Crippen LogP contribution in [0.3, 0.4) is 0 Å². The number of nitrogen functional groups attached to an aromatic ring is 1. The normalized spacial score (nSPS) is 11.8. The van der Waals surface area contributed by atoms with Crippen molar-refractivity contribution in [3.63, 3.8) is 0 Å². The first-order valence-electron chi connectivity index (χ1n) is 5.60. The van der Waals surface area contributed by atoms with Crippen LogP contribution in [-0.2, 0) is 19.6 Å². The summed E-state index contributed by atoms with van der Waals surface area (Å²) in [7, 11) is -2.69. The highest BCUT2D eigenvalue weighted by Crippen LogP contribution is 2.21. The molecule has 0 atom stereocenters. The molecule has 7 nitrogen and oxygen atoms in total. The van der Waals surface area contributed by atoms with Crippen molar-refractivity contribution < 1.29 is 17.9 Å². The number of methoxy groups -OCH3 is 1. The zero-order chi connectivity index (χ0) is 14.6. The maximum atomic E-state index is 12.4. The van der Waals surface area contributed by atoms with Crippen molar-refractivity contribution in [1.82, 2.24) is 9.29 Å². The van der Waals surface area contributed by atoms with Crippen molar-refractivity contribution in [2.24, 2.45) is 0 Å². The van der Waals surface area contributed by atoms with E-state index in [4.69, 9.17) is 5.73 Å². The number of rotatable bonds is 5. The first-order chi connectivity index (χ1) is 8.80. The molecule has 1 heterocycles. The largest absolute Gasteiger partial charge is 0.468 e. The Morgan fingerprint density at radius 3 is 2.63 bits per heavy atom. The molecule has 8 heteroatoms. The van der Waals surface area contributed by atoms with E-state index >= 15 is 0 Å². The Morgan fingerprint density at radius 2 is 2.16 bits per heavy atom. The summed E-state index contributed by atoms with van der Waals surface area (Å²) in [5.41, 5.74) is 5.57. The summed E-state index contributed by atoms with van der Waals surface area (Å²) < 4.78 is 30.4. The molecule has 106 valence electrons. The lowest BCUT2D eigenvalue weighted by Gasteiger charge is -2.24. The van der Waals surface area contributed by atoms with Crippen molar-refractivity contribution in [2.45, 2.75) is 24.8 Å². The topological polar surface area (TPSA) is 103 Å². The highest BCUT2D eigenvalue weighted by atomic mass is 32.2. The Labute approximate surface area is 112 Å². The van der Waals surface area contributed by atoms with Gasteiger partial charge < -0.3 is 10.5 Å². The first-order valence-corrected chi connectivity index (χ1v) is 7.04. The van der Waals surface area contributed by atoms with Gasteiger partial charge >= 0.3 is 5.97 Å². The molecule has 0 amide bonds. The molecule has 0 aromatic carbocycles. The third-order valence-corrected chi connectivity index (χ3v) is 4.54. The van der Waals surface area contributed by atoms with Gasteiger partial charge in [0.2, 0.25) is 10.0 Å². The number of nitrogens with zero attached hydrogens (tertiary/aromatic N) is 2. The number of aromatic nitrogens is 1. The second kappa shape index (κ2) is 5.98. The summed E-state index contributed by atoms with van der Waals surface area (Å²) in [5, 5.41) is 0. The molecule has 0 fully saturated rings. The van der Waals surface area contributed by atoms with E-state index in [2.05, 4.69) is 9.72 Å². The molecule has 0 unspecified atom stereocenters. The minimum Gasteiger partial charge on any atom is -0.468 e. The number of hydrogen-bond donors (Lipinski definition) is 1. The Kier molecular flexibility index (Phi) is 4.84. The van der Waals surface area contributed by atoms with Gasteiger partial charge in [0, 0.05) is 12.2 Å². The van der Waals surface area contributed by atoms with Gasteiger partial charge in [-0.05, 0) is 26.0 Å². The molecule has 0 saturated heterocycles. The van der Waals surface area contributed by atoms with E-state index in [9.17, 15) is 13.2 Å². The lowest BCUT2D eigenvalue weighted by atomic mass is 10.4. The van der Waals surface area contributed by atoms with Gasteiger partial charge in [-0.3, -0.25) is 4.79 Å². The average molecular weight is 287 g/mol. The van der Waals surface area contributed by atoms with Crippen LogP contribution in [0.25, 0.3) is 0 Å². The average Bonchev–Trinajstić information content (AvgIpc) is 2.35. The quantitative estimate of drug-likeness (QED) is 0.778. The number of esters is 1. The fraction of sp³-hybridized carbons (Fsp3) is 0.455. The lowest BCUT2D eigenvalue weighted by Crippen LogP contribution is -2.41. The van der Waals surface area contributed by atoms with E-state index in [1.54, 1.807) is 13.8 Å². The molecule has 0 aliphatic rings. The van der Waals surface area contributed by atoms with E-state index in [1.807, 2.05) is 0 Å². The SMILES string of the molecule is COC(=O)CN(C(C)C)S(=O)(=O)c1cccnc1N. The third kappa shape index (κ3) is 3.42. The summed E-state index contributed by atoms with van der Waals surface area (Å²) in [6, 6.07) is 2.41. The summed E-state index contributed by atoms with van der Waals surface area (Å²) >= 11 is 0. The van der Waals surface area contributed by atoms with Crippen LogP contribution in [0.5, 0.6) is 0 Å². The minimum absolute atomic E-state index is 0.0991. The molecular formula is C11H17N3O4S. The third-order valence-electron chi connectivity index (χ3n) is 2.47. The van der Waals surface area contributed by atoms with Gasteiger partial charge in [-0.2, -0.15) is 4.31 Å². The fourth-order valence-electron chi connectivity index (χ4n) is 1.48. The Balaban J connectivity index is 3.21. The van der Waals surface area contributed by atoms with Crippen LogP contribution in [0.4, 0.5) is 5.82 Å². The van der Waals surface area contributed by atoms with E-state index in [0.29, 0.717) is 0 Å². The molecule has 0 saturated carbocycles. The smallest absolute Gasteiger partial charge is 0.321 e. The summed E-state index contributed by atoms with van der Waals surface area (Å²) in [4.78, 5) is 14.9. The molecule has 1 aromatic rings. The zero-order valence-electron chi connectivity index (χ0n) is 11.0. The summed E-state index contributed by atoms with van der Waals surface area (Å²) in [5.74, 6) is -0.738. The highest BCUT2D eigenvalue weighted by Gasteiger charge is 2.31. The standard InChI is InChI=1S/C11H17N3O4S/c1-8(2)14(7-10(15)18-3)19(16,17)9-5-4-6-13-11(9)12/h4-6,8H,7H2,1-3H3,(H2,12,13). The number of sulfonamides is 1. The molecule has 2 N–H and O–H groups in total. The van der Waals surface area contributed by atoms with Crippen LogP contribution < -0.4 is 5.73 Å². The van der Waals surface area contributed by atoms with Crippen LogP contribution in [-0.4, -0.2) is 43.4 Å². The maximum Gasteiger partial charge on any atom is 0.321 e. The number of pyridine rings is 1. The lowest BCUT2D eigenvalue weighted by molar-refractivity contribution is -0.141. The molecule has 0 bridgehead atoms. The Morgan fingerprint density at radius 1 is 1.53 bits per heavy atom. The molecule has 1 aromatic heterocycles. The van der Waals surface area contributed by atoms with Crippen LogP contribution in [0, 0.1) is 0 Å². The Bertz CT molecular complexity index is 557. The van der Waals surface area contributed by atoms with Crippen LogP contribution >= 0.6 is 0 Å². The monoisotopic (exact) mass is 287 g/mol. The van der Waals surface area contributed by atoms with Gasteiger partial charge in [0.1, 0.15) is 17.3 Å². The predicted octanol–water partition coefficient (Wildman–Crippen LogP) is 0.236. The van der Waals surface area contributed by atoms with Crippen molar-refractivity contribution in [2.75, 3.05) is 19.4 Å². The number of carbonyl (C=O) groups is 1. The summed E-state index contributed by atoms with van der Waals surface area (Å²) in [6.45, 7) is 2.95. The summed E-state index contributed by atoms with van der Waals surface area (Å²) in [6.07, 6.45) is 1.40. The number of nitrogens with two attached hydrogens (primary N) is 1. The van der Waals surface area contributed by atoms with E-state index < -0.39 is 22.0 Å². The van der Waals surface area contributed by atoms with Gasteiger partial charge in [0.15, 0.2) is 0 Å². The van der Waals surface area contributed by atoms with E-state index in [1.165, 1.54) is 25.4 Å². The van der Waals surface area contributed by atoms with Crippen LogP contribution in [0.15, 0.2) is 23.2 Å². The molecular weight excluding hydrogens is 270 g/mol. The van der Waals surface area contributed by atoms with Gasteiger partial charge in [-0.25, -0.2) is 13.4 Å². The minimum atomic E-state index is -3.89. The number of ether oxygens (including phenoxy) is 1. The predicted molar refractivity (Wildman–Crippen MR) is 69.7 cm³/mol.